The number of aromatic nitrogens is 1. The summed E-state index contributed by atoms with van der Waals surface area (Å²) >= 11 is 1.96. The van der Waals surface area contributed by atoms with Gasteiger partial charge in [0.05, 0.1) is 10.7 Å². The first-order valence-corrected chi connectivity index (χ1v) is 8.45. The molecule has 0 fully saturated rings. The summed E-state index contributed by atoms with van der Waals surface area (Å²) in [5.41, 5.74) is 1.40. The Balaban J connectivity index is 2.00. The quantitative estimate of drug-likeness (QED) is 0.833. The summed E-state index contributed by atoms with van der Waals surface area (Å²) in [6.07, 6.45) is 4.99. The number of hydrogen-bond acceptors (Lipinski definition) is 4. The highest BCUT2D eigenvalue weighted by Gasteiger charge is 2.24. The van der Waals surface area contributed by atoms with Crippen LogP contribution >= 0.6 is 11.3 Å². The summed E-state index contributed by atoms with van der Waals surface area (Å²) in [5.74, 6) is 0.646. The largest absolute Gasteiger partial charge is 0.319 e. The van der Waals surface area contributed by atoms with Crippen LogP contribution in [0.1, 0.15) is 48.2 Å². The number of nitrogens with zero attached hydrogens (tertiary/aromatic N) is 2. The highest BCUT2D eigenvalue weighted by molar-refractivity contribution is 7.11. The van der Waals surface area contributed by atoms with E-state index in [-0.39, 0.29) is 0 Å². The van der Waals surface area contributed by atoms with E-state index in [1.54, 1.807) is 4.88 Å². The third kappa shape index (κ3) is 3.77. The topological polar surface area (TPSA) is 28.2 Å². The van der Waals surface area contributed by atoms with Crippen LogP contribution in [0.25, 0.3) is 0 Å². The fraction of sp³-hybridized carbons (Fsp3) is 0.800. The van der Waals surface area contributed by atoms with Crippen molar-refractivity contribution in [2.45, 2.75) is 45.4 Å². The van der Waals surface area contributed by atoms with Crippen molar-refractivity contribution in [3.63, 3.8) is 0 Å². The summed E-state index contributed by atoms with van der Waals surface area (Å²) in [6, 6.07) is 0. The molecular formula is C15H27N3S. The molecule has 3 nitrogen and oxygen atoms in total. The van der Waals surface area contributed by atoms with Crippen LogP contribution in [0.3, 0.4) is 0 Å². The molecule has 1 aromatic rings. The first-order valence-electron chi connectivity index (χ1n) is 7.63. The molecule has 0 amide bonds. The molecule has 1 aliphatic rings. The van der Waals surface area contributed by atoms with Crippen molar-refractivity contribution in [3.05, 3.63) is 15.6 Å². The molecule has 1 aromatic heterocycles. The van der Waals surface area contributed by atoms with Crippen molar-refractivity contribution in [3.8, 4) is 0 Å². The second-order valence-corrected chi connectivity index (χ2v) is 6.51. The highest BCUT2D eigenvalue weighted by atomic mass is 32.1. The molecule has 2 rings (SSSR count). The van der Waals surface area contributed by atoms with Crippen molar-refractivity contribution in [1.82, 2.24) is 15.2 Å². The van der Waals surface area contributed by atoms with Gasteiger partial charge in [-0.3, -0.25) is 0 Å². The molecule has 0 saturated heterocycles. The first kappa shape index (κ1) is 14.9. The Labute approximate surface area is 121 Å². The van der Waals surface area contributed by atoms with Gasteiger partial charge in [0.15, 0.2) is 0 Å². The second-order valence-electron chi connectivity index (χ2n) is 5.34. The van der Waals surface area contributed by atoms with Crippen molar-refractivity contribution in [2.75, 3.05) is 33.2 Å². The van der Waals surface area contributed by atoms with Gasteiger partial charge in [0, 0.05) is 30.3 Å². The Kier molecular flexibility index (Phi) is 5.79. The Morgan fingerprint density at radius 3 is 2.84 bits per heavy atom. The minimum absolute atomic E-state index is 0.646. The van der Waals surface area contributed by atoms with E-state index in [0.29, 0.717) is 5.92 Å². The summed E-state index contributed by atoms with van der Waals surface area (Å²) < 4.78 is 0. The van der Waals surface area contributed by atoms with Gasteiger partial charge in [0.25, 0.3) is 0 Å². The van der Waals surface area contributed by atoms with Gasteiger partial charge >= 0.3 is 0 Å². The fourth-order valence-electron chi connectivity index (χ4n) is 2.90. The van der Waals surface area contributed by atoms with E-state index in [1.807, 2.05) is 18.4 Å². The zero-order valence-corrected chi connectivity index (χ0v) is 13.4. The van der Waals surface area contributed by atoms with Gasteiger partial charge in [-0.1, -0.05) is 13.8 Å². The summed E-state index contributed by atoms with van der Waals surface area (Å²) in [7, 11) is 2.04. The third-order valence-corrected chi connectivity index (χ3v) is 5.29. The molecule has 0 radical (unpaired) electrons. The molecule has 1 atom stereocenters. The van der Waals surface area contributed by atoms with E-state index in [4.69, 9.17) is 4.98 Å². The number of rotatable bonds is 7. The maximum Gasteiger partial charge on any atom is 0.0944 e. The molecule has 19 heavy (non-hydrogen) atoms. The lowest BCUT2D eigenvalue weighted by Crippen LogP contribution is -2.25. The summed E-state index contributed by atoms with van der Waals surface area (Å²) in [6.45, 7) is 8.98. The van der Waals surface area contributed by atoms with Crippen LogP contribution in [-0.4, -0.2) is 43.1 Å². The Bertz CT molecular complexity index is 385. The molecule has 0 saturated carbocycles. The zero-order chi connectivity index (χ0) is 13.7. The van der Waals surface area contributed by atoms with Gasteiger partial charge in [-0.05, 0) is 39.4 Å². The maximum atomic E-state index is 4.94. The average molecular weight is 281 g/mol. The summed E-state index contributed by atoms with van der Waals surface area (Å²) in [5, 5.41) is 4.66. The molecular weight excluding hydrogens is 254 g/mol. The number of hydrogen-bond donors (Lipinski definition) is 1. The monoisotopic (exact) mass is 281 g/mol. The fourth-order valence-corrected chi connectivity index (χ4v) is 4.09. The van der Waals surface area contributed by atoms with Crippen LogP contribution in [0.4, 0.5) is 0 Å². The molecule has 0 aliphatic heterocycles. The molecule has 1 N–H and O–H groups in total. The molecule has 0 aromatic carbocycles. The van der Waals surface area contributed by atoms with Crippen LogP contribution < -0.4 is 5.32 Å². The lowest BCUT2D eigenvalue weighted by Gasteiger charge is -2.20. The van der Waals surface area contributed by atoms with Crippen molar-refractivity contribution >= 4 is 11.3 Å². The van der Waals surface area contributed by atoms with Gasteiger partial charge in [-0.2, -0.15) is 0 Å². The van der Waals surface area contributed by atoms with E-state index >= 15 is 0 Å². The number of aryl methyl sites for hydroxylation is 1. The van der Waals surface area contributed by atoms with Gasteiger partial charge in [0.2, 0.25) is 0 Å². The number of nitrogens with one attached hydrogen (secondary N) is 1. The van der Waals surface area contributed by atoms with Crippen LogP contribution in [-0.2, 0) is 12.8 Å². The molecule has 0 bridgehead atoms. The number of thiazole rings is 1. The molecule has 1 aliphatic carbocycles. The van der Waals surface area contributed by atoms with Crippen LogP contribution in [0.15, 0.2) is 0 Å². The first-order chi connectivity index (χ1) is 9.28. The third-order valence-electron chi connectivity index (χ3n) is 4.10. The molecule has 1 heterocycles. The maximum absolute atomic E-state index is 4.94. The predicted molar refractivity (Wildman–Crippen MR) is 83.2 cm³/mol. The highest BCUT2D eigenvalue weighted by Crippen LogP contribution is 2.34. The Morgan fingerprint density at radius 1 is 1.37 bits per heavy atom. The summed E-state index contributed by atoms with van der Waals surface area (Å²) in [4.78, 5) is 8.98. The van der Waals surface area contributed by atoms with Gasteiger partial charge in [0.1, 0.15) is 0 Å². The second kappa shape index (κ2) is 7.36. The van der Waals surface area contributed by atoms with E-state index < -0.39 is 0 Å². The van der Waals surface area contributed by atoms with Gasteiger partial charge in [-0.25, -0.2) is 4.98 Å². The Morgan fingerprint density at radius 2 is 2.16 bits per heavy atom. The lowest BCUT2D eigenvalue weighted by molar-refractivity contribution is 0.307. The molecule has 1 unspecified atom stereocenters. The van der Waals surface area contributed by atoms with Crippen LogP contribution in [0.2, 0.25) is 0 Å². The average Bonchev–Trinajstić information content (AvgIpc) is 2.84. The van der Waals surface area contributed by atoms with Crippen LogP contribution in [0.5, 0.6) is 0 Å². The van der Waals surface area contributed by atoms with Gasteiger partial charge < -0.3 is 10.2 Å². The van der Waals surface area contributed by atoms with Gasteiger partial charge in [-0.15, -0.1) is 11.3 Å². The lowest BCUT2D eigenvalue weighted by atomic mass is 9.91. The standard InChI is InChI=1S/C15H27N3S/c1-4-18(5-2)10-9-14-17-15-12(11-16-3)7-6-8-13(15)19-14/h12,16H,4-11H2,1-3H3. The van der Waals surface area contributed by atoms with Crippen molar-refractivity contribution in [2.24, 2.45) is 0 Å². The number of fused-ring (bicyclic) bond motifs is 1. The molecule has 4 heteroatoms. The smallest absolute Gasteiger partial charge is 0.0944 e. The normalized spacial score (nSPS) is 18.8. The van der Waals surface area contributed by atoms with Crippen molar-refractivity contribution in [1.29, 1.82) is 0 Å². The minimum Gasteiger partial charge on any atom is -0.319 e. The predicted octanol–water partition coefficient (Wildman–Crippen LogP) is 2.67. The minimum atomic E-state index is 0.646. The number of likely N-dealkylation sites (N-methyl/N-ethyl adjacent to an activating group) is 2. The zero-order valence-electron chi connectivity index (χ0n) is 12.5. The molecule has 0 spiro atoms. The molecule has 108 valence electrons. The van der Waals surface area contributed by atoms with E-state index in [9.17, 15) is 0 Å². The van der Waals surface area contributed by atoms with E-state index in [2.05, 4.69) is 24.1 Å². The van der Waals surface area contributed by atoms with E-state index in [1.165, 1.54) is 30.0 Å². The SMILES string of the molecule is CCN(CC)CCc1nc2c(s1)CCCC2CNC. The van der Waals surface area contributed by atoms with E-state index in [0.717, 1.165) is 32.6 Å². The van der Waals surface area contributed by atoms with Crippen LogP contribution in [0, 0.1) is 0 Å². The van der Waals surface area contributed by atoms with Crippen molar-refractivity contribution < 1.29 is 0 Å². The Hall–Kier alpha value is -0.450.